The molecule has 0 aromatic carbocycles. The van der Waals surface area contributed by atoms with Crippen LogP contribution in [0.25, 0.3) is 0 Å². The van der Waals surface area contributed by atoms with Gasteiger partial charge in [-0.05, 0) is 31.9 Å². The Kier molecular flexibility index (Phi) is 5.87. The minimum absolute atomic E-state index is 0.0207. The van der Waals surface area contributed by atoms with E-state index < -0.39 is 11.4 Å². The van der Waals surface area contributed by atoms with Gasteiger partial charge in [-0.3, -0.25) is 14.7 Å². The van der Waals surface area contributed by atoms with Crippen LogP contribution in [0.2, 0.25) is 0 Å². The van der Waals surface area contributed by atoms with Gasteiger partial charge in [-0.2, -0.15) is 0 Å². The van der Waals surface area contributed by atoms with E-state index in [0.29, 0.717) is 5.92 Å². The number of piperazine rings is 1. The number of halogens is 1. The number of ketones is 1. The van der Waals surface area contributed by atoms with Gasteiger partial charge in [0.15, 0.2) is 5.78 Å². The Morgan fingerprint density at radius 3 is 2.52 bits per heavy atom. The predicted molar refractivity (Wildman–Crippen MR) is 89.8 cm³/mol. The number of Topliss-reactive ketones (excluding diaryl/α,β-unsaturated/α-hetero) is 1. The lowest BCUT2D eigenvalue weighted by atomic mass is 9.92. The molecule has 23 heavy (non-hydrogen) atoms. The van der Waals surface area contributed by atoms with E-state index in [2.05, 4.69) is 28.6 Å². The molecule has 0 N–H and O–H groups in total. The molecule has 2 heterocycles. The second kappa shape index (κ2) is 7.49. The Morgan fingerprint density at radius 1 is 1.30 bits per heavy atom. The zero-order valence-corrected chi connectivity index (χ0v) is 14.7. The molecule has 0 spiro atoms. The first-order valence-corrected chi connectivity index (χ1v) is 8.41. The van der Waals surface area contributed by atoms with Crippen LogP contribution in [0.4, 0.5) is 4.39 Å². The molecule has 0 unspecified atom stereocenters. The summed E-state index contributed by atoms with van der Waals surface area (Å²) in [7, 11) is 0. The highest BCUT2D eigenvalue weighted by Gasteiger charge is 2.36. The first-order valence-electron chi connectivity index (χ1n) is 8.41. The van der Waals surface area contributed by atoms with Crippen molar-refractivity contribution in [1.82, 2.24) is 14.8 Å². The Balaban J connectivity index is 1.96. The molecule has 0 bridgehead atoms. The van der Waals surface area contributed by atoms with Gasteiger partial charge in [-0.15, -0.1) is 0 Å². The average Bonchev–Trinajstić information content (AvgIpc) is 2.49. The third-order valence-electron chi connectivity index (χ3n) is 4.63. The normalized spacial score (nSPS) is 17.7. The number of rotatable bonds is 6. The third kappa shape index (κ3) is 4.58. The lowest BCUT2D eigenvalue weighted by Gasteiger charge is -2.43. The largest absolute Gasteiger partial charge is 0.301 e. The summed E-state index contributed by atoms with van der Waals surface area (Å²) in [4.78, 5) is 21.3. The lowest BCUT2D eigenvalue weighted by molar-refractivity contribution is -0.130. The molecule has 0 radical (unpaired) electrons. The molecule has 0 saturated carbocycles. The van der Waals surface area contributed by atoms with Crippen molar-refractivity contribution in [2.45, 2.75) is 39.7 Å². The van der Waals surface area contributed by atoms with Crippen LogP contribution in [0.5, 0.6) is 0 Å². The SMILES string of the molecule is CC(C)CN1CCN(C(C)(C)C(=O)Cc2ncccc2F)CC1. The summed E-state index contributed by atoms with van der Waals surface area (Å²) in [5.41, 5.74) is -0.350. The summed E-state index contributed by atoms with van der Waals surface area (Å²) in [6.45, 7) is 13.1. The fourth-order valence-electron chi connectivity index (χ4n) is 3.10. The predicted octanol–water partition coefficient (Wildman–Crippen LogP) is 2.38. The van der Waals surface area contributed by atoms with E-state index in [0.717, 1.165) is 32.7 Å². The number of carbonyl (C=O) groups is 1. The summed E-state index contributed by atoms with van der Waals surface area (Å²) in [6, 6.07) is 2.90. The van der Waals surface area contributed by atoms with Gasteiger partial charge in [-0.25, -0.2) is 4.39 Å². The number of carbonyl (C=O) groups excluding carboxylic acids is 1. The van der Waals surface area contributed by atoms with E-state index in [9.17, 15) is 9.18 Å². The van der Waals surface area contributed by atoms with Gasteiger partial charge in [0, 0.05) is 38.9 Å². The Bertz CT molecular complexity index is 537. The molecule has 0 amide bonds. The number of pyridine rings is 1. The van der Waals surface area contributed by atoms with Crippen molar-refractivity contribution in [3.8, 4) is 0 Å². The highest BCUT2D eigenvalue weighted by molar-refractivity contribution is 5.89. The van der Waals surface area contributed by atoms with Crippen LogP contribution in [-0.4, -0.2) is 58.8 Å². The van der Waals surface area contributed by atoms with Gasteiger partial charge in [0.05, 0.1) is 17.7 Å². The van der Waals surface area contributed by atoms with Crippen molar-refractivity contribution < 1.29 is 9.18 Å². The summed E-state index contributed by atoms with van der Waals surface area (Å²) in [5, 5.41) is 0. The van der Waals surface area contributed by atoms with E-state index in [4.69, 9.17) is 0 Å². The van der Waals surface area contributed by atoms with Crippen molar-refractivity contribution >= 4 is 5.78 Å². The summed E-state index contributed by atoms with van der Waals surface area (Å²) >= 11 is 0. The van der Waals surface area contributed by atoms with Crippen molar-refractivity contribution in [3.63, 3.8) is 0 Å². The summed E-state index contributed by atoms with van der Waals surface area (Å²) in [5.74, 6) is 0.272. The number of nitrogens with zero attached hydrogens (tertiary/aromatic N) is 3. The van der Waals surface area contributed by atoms with Gasteiger partial charge < -0.3 is 4.90 Å². The monoisotopic (exact) mass is 321 g/mol. The molecule has 128 valence electrons. The van der Waals surface area contributed by atoms with Crippen LogP contribution < -0.4 is 0 Å². The minimum atomic E-state index is -0.589. The molecule has 4 nitrogen and oxygen atoms in total. The highest BCUT2D eigenvalue weighted by atomic mass is 19.1. The molecule has 0 atom stereocenters. The molecular formula is C18H28FN3O. The van der Waals surface area contributed by atoms with Crippen LogP contribution in [0.15, 0.2) is 18.3 Å². The molecule has 1 fully saturated rings. The molecule has 2 rings (SSSR count). The highest BCUT2D eigenvalue weighted by Crippen LogP contribution is 2.21. The van der Waals surface area contributed by atoms with Gasteiger partial charge in [0.2, 0.25) is 0 Å². The number of hydrogen-bond donors (Lipinski definition) is 0. The van der Waals surface area contributed by atoms with Gasteiger partial charge in [-0.1, -0.05) is 13.8 Å². The molecule has 5 heteroatoms. The molecule has 1 saturated heterocycles. The van der Waals surface area contributed by atoms with Crippen LogP contribution in [0, 0.1) is 11.7 Å². The summed E-state index contributed by atoms with van der Waals surface area (Å²) < 4.78 is 13.7. The van der Waals surface area contributed by atoms with Gasteiger partial charge in [0.1, 0.15) is 5.82 Å². The van der Waals surface area contributed by atoms with E-state index in [-0.39, 0.29) is 17.9 Å². The zero-order valence-electron chi connectivity index (χ0n) is 14.7. The van der Waals surface area contributed by atoms with Crippen molar-refractivity contribution in [1.29, 1.82) is 0 Å². The maximum Gasteiger partial charge on any atom is 0.158 e. The fourth-order valence-corrected chi connectivity index (χ4v) is 3.10. The first kappa shape index (κ1) is 18.0. The van der Waals surface area contributed by atoms with Crippen molar-refractivity contribution in [2.75, 3.05) is 32.7 Å². The van der Waals surface area contributed by atoms with Crippen LogP contribution in [0.3, 0.4) is 0 Å². The number of hydrogen-bond acceptors (Lipinski definition) is 4. The van der Waals surface area contributed by atoms with Crippen LogP contribution in [-0.2, 0) is 11.2 Å². The first-order chi connectivity index (χ1) is 10.8. The Hall–Kier alpha value is -1.33. The Morgan fingerprint density at radius 2 is 1.96 bits per heavy atom. The van der Waals surface area contributed by atoms with E-state index in [1.54, 1.807) is 6.07 Å². The minimum Gasteiger partial charge on any atom is -0.301 e. The average molecular weight is 321 g/mol. The standard InChI is InChI=1S/C18H28FN3O/c1-14(2)13-21-8-10-22(11-9-21)18(3,4)17(23)12-16-15(19)6-5-7-20-16/h5-7,14H,8-13H2,1-4H3. The summed E-state index contributed by atoms with van der Waals surface area (Å²) in [6.07, 6.45) is 1.58. The molecule has 1 aliphatic rings. The maximum atomic E-state index is 13.7. The zero-order chi connectivity index (χ0) is 17.0. The quantitative estimate of drug-likeness (QED) is 0.806. The second-order valence-corrected chi connectivity index (χ2v) is 7.27. The van der Waals surface area contributed by atoms with Crippen LogP contribution >= 0.6 is 0 Å². The third-order valence-corrected chi connectivity index (χ3v) is 4.63. The Labute approximate surface area is 138 Å². The van der Waals surface area contributed by atoms with Gasteiger partial charge in [0.25, 0.3) is 0 Å². The van der Waals surface area contributed by atoms with Gasteiger partial charge >= 0.3 is 0 Å². The maximum absolute atomic E-state index is 13.7. The number of aromatic nitrogens is 1. The fraction of sp³-hybridized carbons (Fsp3) is 0.667. The van der Waals surface area contributed by atoms with Crippen molar-refractivity contribution in [2.24, 2.45) is 5.92 Å². The molecule has 1 aliphatic heterocycles. The molecule has 1 aromatic heterocycles. The molecular weight excluding hydrogens is 293 g/mol. The van der Waals surface area contributed by atoms with Crippen molar-refractivity contribution in [3.05, 3.63) is 29.8 Å². The smallest absolute Gasteiger partial charge is 0.158 e. The molecule has 1 aromatic rings. The topological polar surface area (TPSA) is 36.4 Å². The molecule has 0 aliphatic carbocycles. The second-order valence-electron chi connectivity index (χ2n) is 7.27. The van der Waals surface area contributed by atoms with E-state index in [1.807, 2.05) is 13.8 Å². The lowest BCUT2D eigenvalue weighted by Crippen LogP contribution is -2.58. The van der Waals surface area contributed by atoms with Crippen LogP contribution in [0.1, 0.15) is 33.4 Å². The van der Waals surface area contributed by atoms with E-state index >= 15 is 0 Å². The van der Waals surface area contributed by atoms with E-state index in [1.165, 1.54) is 12.3 Å².